The van der Waals surface area contributed by atoms with Crippen LogP contribution < -0.4 is 10.1 Å². The lowest BCUT2D eigenvalue weighted by Crippen LogP contribution is -2.21. The minimum absolute atomic E-state index is 0.0914. The van der Waals surface area contributed by atoms with Crippen LogP contribution in [0.3, 0.4) is 0 Å². The maximum absolute atomic E-state index is 12.5. The normalized spacial score (nSPS) is 16.6. The number of fused-ring (bicyclic) bond motifs is 1. The van der Waals surface area contributed by atoms with Gasteiger partial charge in [0.05, 0.1) is 29.8 Å². The molecule has 1 aromatic carbocycles. The molecule has 1 amide bonds. The number of amides is 1. The summed E-state index contributed by atoms with van der Waals surface area (Å²) in [6, 6.07) is 6.43. The van der Waals surface area contributed by atoms with E-state index in [2.05, 4.69) is 20.1 Å². The molecule has 1 atom stereocenters. The van der Waals surface area contributed by atoms with Gasteiger partial charge < -0.3 is 14.8 Å². The highest BCUT2D eigenvalue weighted by molar-refractivity contribution is 6.32. The Kier molecular flexibility index (Phi) is 4.53. The average molecular weight is 395 g/mol. The van der Waals surface area contributed by atoms with Gasteiger partial charge in [-0.15, -0.1) is 0 Å². The summed E-state index contributed by atoms with van der Waals surface area (Å²) in [6.45, 7) is -2.20. The van der Waals surface area contributed by atoms with Crippen molar-refractivity contribution in [2.45, 2.75) is 19.3 Å². The fraction of sp³-hybridized carbons (Fsp3) is 0.235. The minimum atomic E-state index is -2.97. The number of pyridine rings is 1. The highest BCUT2D eigenvalue weighted by Crippen LogP contribution is 2.32. The second-order valence-electron chi connectivity index (χ2n) is 5.89. The van der Waals surface area contributed by atoms with Gasteiger partial charge in [-0.2, -0.15) is 13.9 Å². The first-order valence-electron chi connectivity index (χ1n) is 8.00. The van der Waals surface area contributed by atoms with Gasteiger partial charge in [-0.25, -0.2) is 4.79 Å². The van der Waals surface area contributed by atoms with Gasteiger partial charge in [0.15, 0.2) is 0 Å². The molecule has 7 nitrogen and oxygen atoms in total. The number of carbonyl (C=O) groups excluding carboxylic acids is 1. The van der Waals surface area contributed by atoms with Crippen molar-refractivity contribution in [1.82, 2.24) is 20.1 Å². The molecule has 10 heteroatoms. The van der Waals surface area contributed by atoms with Crippen LogP contribution in [-0.4, -0.2) is 40.1 Å². The lowest BCUT2D eigenvalue weighted by atomic mass is 10.1. The van der Waals surface area contributed by atoms with E-state index in [0.717, 1.165) is 5.52 Å². The standard InChI is InChI=1S/C17H13ClF2N4O3/c18-12-2-1-9(4-15(12)27-16(19)20)10-3-14-13(21-5-10)7-23-24(14)8-11-6-22-17(25)26-11/h1-5,7,11,16H,6,8H2,(H,22,25)/t11-/m1/s1. The van der Waals surface area contributed by atoms with E-state index in [1.807, 2.05) is 6.07 Å². The summed E-state index contributed by atoms with van der Waals surface area (Å²) in [6.07, 6.45) is 2.44. The average Bonchev–Trinajstić information content (AvgIpc) is 3.23. The highest BCUT2D eigenvalue weighted by Gasteiger charge is 2.23. The molecular formula is C17H13ClF2N4O3. The summed E-state index contributed by atoms with van der Waals surface area (Å²) in [5, 5.41) is 6.96. The third-order valence-electron chi connectivity index (χ3n) is 4.10. The van der Waals surface area contributed by atoms with Crippen molar-refractivity contribution in [2.75, 3.05) is 6.54 Å². The third kappa shape index (κ3) is 3.63. The maximum Gasteiger partial charge on any atom is 0.407 e. The SMILES string of the molecule is O=C1NC[C@H](Cn2ncc3ncc(-c4ccc(Cl)c(OC(F)F)c4)cc32)O1. The molecule has 1 fully saturated rings. The van der Waals surface area contributed by atoms with Gasteiger partial charge in [0.25, 0.3) is 0 Å². The van der Waals surface area contributed by atoms with Gasteiger partial charge in [0, 0.05) is 11.8 Å². The number of nitrogens with zero attached hydrogens (tertiary/aromatic N) is 3. The largest absolute Gasteiger partial charge is 0.442 e. The van der Waals surface area contributed by atoms with Crippen molar-refractivity contribution >= 4 is 28.7 Å². The van der Waals surface area contributed by atoms with Crippen molar-refractivity contribution in [3.8, 4) is 16.9 Å². The predicted octanol–water partition coefficient (Wildman–Crippen LogP) is 3.46. The highest BCUT2D eigenvalue weighted by atomic mass is 35.5. The number of rotatable bonds is 5. The van der Waals surface area contributed by atoms with E-state index in [4.69, 9.17) is 16.3 Å². The van der Waals surface area contributed by atoms with Crippen LogP contribution in [-0.2, 0) is 11.3 Å². The van der Waals surface area contributed by atoms with E-state index in [1.165, 1.54) is 12.1 Å². The molecule has 0 aliphatic carbocycles. The van der Waals surface area contributed by atoms with Crippen molar-refractivity contribution in [1.29, 1.82) is 0 Å². The first-order chi connectivity index (χ1) is 13.0. The van der Waals surface area contributed by atoms with Gasteiger partial charge in [-0.1, -0.05) is 17.7 Å². The fourth-order valence-corrected chi connectivity index (χ4v) is 3.02. The van der Waals surface area contributed by atoms with Crippen LogP contribution in [0.4, 0.5) is 13.6 Å². The maximum atomic E-state index is 12.5. The first kappa shape index (κ1) is 17.5. The Bertz CT molecular complexity index is 1010. The molecule has 3 heterocycles. The van der Waals surface area contributed by atoms with E-state index < -0.39 is 12.7 Å². The third-order valence-corrected chi connectivity index (χ3v) is 4.41. The molecule has 0 radical (unpaired) electrons. The van der Waals surface area contributed by atoms with Crippen LogP contribution in [0, 0.1) is 0 Å². The van der Waals surface area contributed by atoms with Gasteiger partial charge in [-0.3, -0.25) is 9.67 Å². The molecule has 0 unspecified atom stereocenters. The van der Waals surface area contributed by atoms with Crippen molar-refractivity contribution in [2.24, 2.45) is 0 Å². The summed E-state index contributed by atoms with van der Waals surface area (Å²) >= 11 is 5.90. The summed E-state index contributed by atoms with van der Waals surface area (Å²) in [4.78, 5) is 15.5. The molecule has 4 rings (SSSR count). The zero-order valence-corrected chi connectivity index (χ0v) is 14.5. The topological polar surface area (TPSA) is 78.3 Å². The van der Waals surface area contributed by atoms with Gasteiger partial charge >= 0.3 is 12.7 Å². The van der Waals surface area contributed by atoms with Crippen LogP contribution in [0.15, 0.2) is 36.7 Å². The number of carbonyl (C=O) groups is 1. The summed E-state index contributed by atoms with van der Waals surface area (Å²) in [5.41, 5.74) is 2.68. The second kappa shape index (κ2) is 6.99. The number of alkyl halides is 2. The summed E-state index contributed by atoms with van der Waals surface area (Å²) < 4.78 is 36.3. The number of cyclic esters (lactones) is 1. The quantitative estimate of drug-likeness (QED) is 0.717. The van der Waals surface area contributed by atoms with E-state index in [0.29, 0.717) is 29.7 Å². The Balaban J connectivity index is 1.67. The van der Waals surface area contributed by atoms with Gasteiger partial charge in [0.1, 0.15) is 17.4 Å². The van der Waals surface area contributed by atoms with E-state index in [9.17, 15) is 13.6 Å². The molecule has 0 bridgehead atoms. The second-order valence-corrected chi connectivity index (χ2v) is 6.29. The smallest absolute Gasteiger partial charge is 0.407 e. The number of aromatic nitrogens is 3. The molecule has 2 aromatic heterocycles. The Hall–Kier alpha value is -2.94. The molecule has 1 saturated heterocycles. The van der Waals surface area contributed by atoms with Crippen molar-refractivity contribution < 1.29 is 23.0 Å². The van der Waals surface area contributed by atoms with Crippen LogP contribution in [0.5, 0.6) is 5.75 Å². The zero-order valence-electron chi connectivity index (χ0n) is 13.7. The van der Waals surface area contributed by atoms with E-state index in [-0.39, 0.29) is 16.9 Å². The van der Waals surface area contributed by atoms with Gasteiger partial charge in [-0.05, 0) is 23.8 Å². The zero-order chi connectivity index (χ0) is 19.0. The van der Waals surface area contributed by atoms with E-state index >= 15 is 0 Å². The Morgan fingerprint density at radius 3 is 2.93 bits per heavy atom. The molecule has 0 spiro atoms. The van der Waals surface area contributed by atoms with Crippen LogP contribution >= 0.6 is 11.6 Å². The van der Waals surface area contributed by atoms with Crippen molar-refractivity contribution in [3.05, 3.63) is 41.7 Å². The van der Waals surface area contributed by atoms with Crippen LogP contribution in [0.25, 0.3) is 22.2 Å². The summed E-state index contributed by atoms with van der Waals surface area (Å²) in [7, 11) is 0. The number of hydrogen-bond donors (Lipinski definition) is 1. The molecule has 3 aromatic rings. The molecule has 140 valence electrons. The Morgan fingerprint density at radius 1 is 1.33 bits per heavy atom. The summed E-state index contributed by atoms with van der Waals surface area (Å²) in [5.74, 6) is -0.110. The monoisotopic (exact) mass is 394 g/mol. The molecule has 1 aliphatic heterocycles. The van der Waals surface area contributed by atoms with Crippen LogP contribution in [0.1, 0.15) is 0 Å². The van der Waals surface area contributed by atoms with Crippen molar-refractivity contribution in [3.63, 3.8) is 0 Å². The fourth-order valence-electron chi connectivity index (χ4n) is 2.86. The van der Waals surface area contributed by atoms with Crippen LogP contribution in [0.2, 0.25) is 5.02 Å². The Morgan fingerprint density at radius 2 is 2.19 bits per heavy atom. The lowest BCUT2D eigenvalue weighted by Gasteiger charge is -2.11. The molecule has 1 N–H and O–H groups in total. The number of hydrogen-bond acceptors (Lipinski definition) is 5. The molecule has 1 aliphatic rings. The predicted molar refractivity (Wildman–Crippen MR) is 92.9 cm³/mol. The number of alkyl carbamates (subject to hydrolysis) is 1. The molecule has 27 heavy (non-hydrogen) atoms. The van der Waals surface area contributed by atoms with Gasteiger partial charge in [0.2, 0.25) is 0 Å². The Labute approximate surface area is 156 Å². The first-order valence-corrected chi connectivity index (χ1v) is 8.38. The minimum Gasteiger partial charge on any atom is -0.442 e. The number of nitrogens with one attached hydrogen (secondary N) is 1. The number of ether oxygens (including phenoxy) is 2. The lowest BCUT2D eigenvalue weighted by molar-refractivity contribution is -0.0497. The van der Waals surface area contributed by atoms with E-state index in [1.54, 1.807) is 23.1 Å². The molecular weight excluding hydrogens is 382 g/mol. The number of halogens is 3. The number of benzene rings is 1. The molecule has 0 saturated carbocycles.